The van der Waals surface area contributed by atoms with E-state index in [0.29, 0.717) is 5.28 Å². The van der Waals surface area contributed by atoms with Crippen LogP contribution >= 0.6 is 11.6 Å². The molecule has 0 radical (unpaired) electrons. The van der Waals surface area contributed by atoms with Crippen LogP contribution in [0.15, 0.2) is 6.07 Å². The van der Waals surface area contributed by atoms with E-state index in [0.717, 1.165) is 37.8 Å². The highest BCUT2D eigenvalue weighted by molar-refractivity contribution is 6.28. The first-order valence-electron chi connectivity index (χ1n) is 7.37. The van der Waals surface area contributed by atoms with Gasteiger partial charge in [0.1, 0.15) is 11.6 Å². The average molecular weight is 281 g/mol. The lowest BCUT2D eigenvalue weighted by atomic mass is 10.2. The van der Waals surface area contributed by atoms with Crippen molar-refractivity contribution in [3.8, 4) is 0 Å². The molecule has 3 rings (SSSR count). The van der Waals surface area contributed by atoms with Gasteiger partial charge < -0.3 is 9.80 Å². The van der Waals surface area contributed by atoms with E-state index in [1.807, 2.05) is 0 Å². The molecule has 0 saturated carbocycles. The topological polar surface area (TPSA) is 32.3 Å². The van der Waals surface area contributed by atoms with Gasteiger partial charge in [0.2, 0.25) is 5.28 Å². The van der Waals surface area contributed by atoms with E-state index in [4.69, 9.17) is 11.6 Å². The summed E-state index contributed by atoms with van der Waals surface area (Å²) in [5, 5.41) is 0.378. The number of rotatable bonds is 2. The summed E-state index contributed by atoms with van der Waals surface area (Å²) < 4.78 is 0. The molecular weight excluding hydrogens is 260 g/mol. The van der Waals surface area contributed by atoms with E-state index < -0.39 is 0 Å². The Balaban J connectivity index is 1.83. The number of hydrogen-bond donors (Lipinski definition) is 0. The lowest BCUT2D eigenvalue weighted by molar-refractivity contribution is 0.726. The minimum atomic E-state index is 0.378. The van der Waals surface area contributed by atoms with Crippen LogP contribution in [0.25, 0.3) is 0 Å². The van der Waals surface area contributed by atoms with Gasteiger partial charge in [0, 0.05) is 32.2 Å². The van der Waals surface area contributed by atoms with Crippen LogP contribution in [0.3, 0.4) is 0 Å². The van der Waals surface area contributed by atoms with Crippen molar-refractivity contribution in [1.29, 1.82) is 0 Å². The van der Waals surface area contributed by atoms with E-state index in [1.54, 1.807) is 0 Å². The van der Waals surface area contributed by atoms with Gasteiger partial charge in [0.15, 0.2) is 0 Å². The average Bonchev–Trinajstić information content (AvgIpc) is 2.81. The molecule has 1 aromatic heterocycles. The molecule has 1 aromatic rings. The van der Waals surface area contributed by atoms with Gasteiger partial charge in [-0.05, 0) is 37.3 Å². The Hall–Kier alpha value is -1.03. The zero-order chi connectivity index (χ0) is 13.1. The highest BCUT2D eigenvalue weighted by atomic mass is 35.5. The van der Waals surface area contributed by atoms with Crippen LogP contribution in [0.1, 0.15) is 38.5 Å². The summed E-state index contributed by atoms with van der Waals surface area (Å²) in [6.45, 7) is 4.36. The summed E-state index contributed by atoms with van der Waals surface area (Å²) in [6, 6.07) is 2.11. The van der Waals surface area contributed by atoms with E-state index in [2.05, 4.69) is 25.8 Å². The molecule has 0 aromatic carbocycles. The van der Waals surface area contributed by atoms with Crippen LogP contribution in [0.4, 0.5) is 11.6 Å². The molecule has 5 heteroatoms. The first kappa shape index (κ1) is 13.0. The number of nitrogens with zero attached hydrogens (tertiary/aromatic N) is 4. The molecule has 2 saturated heterocycles. The van der Waals surface area contributed by atoms with Gasteiger partial charge in [-0.3, -0.25) is 0 Å². The largest absolute Gasteiger partial charge is 0.356 e. The molecule has 3 heterocycles. The van der Waals surface area contributed by atoms with Crippen molar-refractivity contribution in [2.24, 2.45) is 0 Å². The van der Waals surface area contributed by atoms with Gasteiger partial charge in [-0.2, -0.15) is 0 Å². The van der Waals surface area contributed by atoms with Crippen LogP contribution in [0.5, 0.6) is 0 Å². The molecule has 0 bridgehead atoms. The Labute approximate surface area is 119 Å². The third-order valence-corrected chi connectivity index (χ3v) is 4.20. The number of halogens is 1. The predicted molar refractivity (Wildman–Crippen MR) is 79.2 cm³/mol. The Morgan fingerprint density at radius 2 is 1.16 bits per heavy atom. The van der Waals surface area contributed by atoms with Crippen molar-refractivity contribution in [2.45, 2.75) is 38.5 Å². The standard InChI is InChI=1S/C14H21ClN4/c15-14-16-12(18-7-3-1-2-4-8-18)11-13(17-14)19-9-5-6-10-19/h11H,1-10H2. The lowest BCUT2D eigenvalue weighted by Crippen LogP contribution is -2.26. The van der Waals surface area contributed by atoms with Gasteiger partial charge in [0.25, 0.3) is 0 Å². The fraction of sp³-hybridized carbons (Fsp3) is 0.714. The molecule has 4 nitrogen and oxygen atoms in total. The molecule has 0 N–H and O–H groups in total. The minimum Gasteiger partial charge on any atom is -0.356 e. The maximum absolute atomic E-state index is 6.11. The van der Waals surface area contributed by atoms with Gasteiger partial charge in [-0.1, -0.05) is 12.8 Å². The summed E-state index contributed by atoms with van der Waals surface area (Å²) >= 11 is 6.11. The SMILES string of the molecule is Clc1nc(N2CCCCCC2)cc(N2CCCC2)n1. The second-order valence-corrected chi connectivity index (χ2v) is 5.79. The van der Waals surface area contributed by atoms with Crippen molar-refractivity contribution >= 4 is 23.2 Å². The summed E-state index contributed by atoms with van der Waals surface area (Å²) in [4.78, 5) is 13.5. The van der Waals surface area contributed by atoms with Gasteiger partial charge in [-0.15, -0.1) is 0 Å². The maximum Gasteiger partial charge on any atom is 0.226 e. The van der Waals surface area contributed by atoms with Crippen molar-refractivity contribution in [1.82, 2.24) is 9.97 Å². The van der Waals surface area contributed by atoms with Crippen molar-refractivity contribution in [3.63, 3.8) is 0 Å². The predicted octanol–water partition coefficient (Wildman–Crippen LogP) is 3.11. The third-order valence-electron chi connectivity index (χ3n) is 4.03. The second-order valence-electron chi connectivity index (χ2n) is 5.45. The maximum atomic E-state index is 6.11. The van der Waals surface area contributed by atoms with Gasteiger partial charge in [-0.25, -0.2) is 9.97 Å². The van der Waals surface area contributed by atoms with Crippen molar-refractivity contribution < 1.29 is 0 Å². The van der Waals surface area contributed by atoms with Crippen LogP contribution in [0.2, 0.25) is 5.28 Å². The molecule has 2 aliphatic heterocycles. The quantitative estimate of drug-likeness (QED) is 0.779. The smallest absolute Gasteiger partial charge is 0.226 e. The fourth-order valence-electron chi connectivity index (χ4n) is 2.96. The monoisotopic (exact) mass is 280 g/mol. The number of aromatic nitrogens is 2. The molecule has 0 aliphatic carbocycles. The van der Waals surface area contributed by atoms with Gasteiger partial charge >= 0.3 is 0 Å². The molecular formula is C14H21ClN4. The van der Waals surface area contributed by atoms with E-state index in [9.17, 15) is 0 Å². The second kappa shape index (κ2) is 5.95. The first-order chi connectivity index (χ1) is 9.33. The molecule has 0 unspecified atom stereocenters. The summed E-state index contributed by atoms with van der Waals surface area (Å²) in [7, 11) is 0. The highest BCUT2D eigenvalue weighted by Gasteiger charge is 2.18. The zero-order valence-corrected chi connectivity index (χ0v) is 12.1. The van der Waals surface area contributed by atoms with E-state index in [1.165, 1.54) is 38.5 Å². The fourth-order valence-corrected chi connectivity index (χ4v) is 3.14. The number of anilines is 2. The molecule has 0 atom stereocenters. The van der Waals surface area contributed by atoms with Crippen LogP contribution in [0, 0.1) is 0 Å². The summed E-state index contributed by atoms with van der Waals surface area (Å²) in [6.07, 6.45) is 7.66. The summed E-state index contributed by atoms with van der Waals surface area (Å²) in [5.74, 6) is 2.00. The van der Waals surface area contributed by atoms with E-state index in [-0.39, 0.29) is 0 Å². The zero-order valence-electron chi connectivity index (χ0n) is 11.3. The molecule has 0 spiro atoms. The van der Waals surface area contributed by atoms with Crippen molar-refractivity contribution in [3.05, 3.63) is 11.3 Å². The first-order valence-corrected chi connectivity index (χ1v) is 7.75. The van der Waals surface area contributed by atoms with Gasteiger partial charge in [0.05, 0.1) is 0 Å². The molecule has 0 amide bonds. The Bertz CT molecular complexity index is 423. The third kappa shape index (κ3) is 3.11. The van der Waals surface area contributed by atoms with Crippen LogP contribution < -0.4 is 9.80 Å². The van der Waals surface area contributed by atoms with Crippen LogP contribution in [-0.4, -0.2) is 36.1 Å². The normalized spacial score (nSPS) is 20.7. The summed E-state index contributed by atoms with van der Waals surface area (Å²) in [5.41, 5.74) is 0. The highest BCUT2D eigenvalue weighted by Crippen LogP contribution is 2.25. The van der Waals surface area contributed by atoms with E-state index >= 15 is 0 Å². The number of hydrogen-bond acceptors (Lipinski definition) is 4. The minimum absolute atomic E-state index is 0.378. The molecule has 2 fully saturated rings. The Kier molecular flexibility index (Phi) is 4.06. The van der Waals surface area contributed by atoms with Crippen molar-refractivity contribution in [2.75, 3.05) is 36.0 Å². The molecule has 104 valence electrons. The lowest BCUT2D eigenvalue weighted by Gasteiger charge is -2.24. The molecule has 19 heavy (non-hydrogen) atoms. The Morgan fingerprint density at radius 1 is 0.737 bits per heavy atom. The molecule has 2 aliphatic rings. The Morgan fingerprint density at radius 3 is 1.63 bits per heavy atom. The van der Waals surface area contributed by atoms with Crippen LogP contribution in [-0.2, 0) is 0 Å².